The molecule has 0 bridgehead atoms. The summed E-state index contributed by atoms with van der Waals surface area (Å²) in [5, 5.41) is 10.2. The first-order chi connectivity index (χ1) is 6.25. The maximum absolute atomic E-state index is 10.5. The van der Waals surface area contributed by atoms with E-state index in [9.17, 15) is 4.79 Å². The van der Waals surface area contributed by atoms with Crippen LogP contribution in [0.2, 0.25) is 0 Å². The first-order valence-corrected chi connectivity index (χ1v) is 4.83. The standard InChI is InChI=1S/C6H7NO3S.C2H6/c1-10-5(6(8)9)4-2-11-3-7-4;1-2/h2-3,5H,1H3,(H,8,9);1-2H3. The maximum Gasteiger partial charge on any atom is 0.339 e. The van der Waals surface area contributed by atoms with E-state index in [0.717, 1.165) is 0 Å². The summed E-state index contributed by atoms with van der Waals surface area (Å²) in [6.45, 7) is 4.00. The smallest absolute Gasteiger partial charge is 0.339 e. The predicted molar refractivity (Wildman–Crippen MR) is 50.8 cm³/mol. The Morgan fingerprint density at radius 1 is 1.69 bits per heavy atom. The van der Waals surface area contributed by atoms with Gasteiger partial charge < -0.3 is 9.84 Å². The summed E-state index contributed by atoms with van der Waals surface area (Å²) >= 11 is 1.35. The molecule has 1 unspecified atom stereocenters. The fourth-order valence-electron chi connectivity index (χ4n) is 0.699. The molecule has 1 heterocycles. The number of ether oxygens (including phenoxy) is 1. The number of carboxylic acid groups (broad SMARTS) is 1. The molecule has 1 rings (SSSR count). The van der Waals surface area contributed by atoms with Crippen LogP contribution in [0.1, 0.15) is 25.6 Å². The molecule has 0 aliphatic rings. The van der Waals surface area contributed by atoms with E-state index in [1.165, 1.54) is 18.4 Å². The number of hydrogen-bond donors (Lipinski definition) is 1. The van der Waals surface area contributed by atoms with Crippen molar-refractivity contribution in [3.8, 4) is 0 Å². The first-order valence-electron chi connectivity index (χ1n) is 3.89. The molecule has 0 spiro atoms. The van der Waals surface area contributed by atoms with Crippen LogP contribution in [-0.4, -0.2) is 23.2 Å². The molecule has 1 aromatic heterocycles. The third kappa shape index (κ3) is 3.52. The van der Waals surface area contributed by atoms with Gasteiger partial charge in [0.1, 0.15) is 0 Å². The van der Waals surface area contributed by atoms with E-state index < -0.39 is 12.1 Å². The van der Waals surface area contributed by atoms with Gasteiger partial charge in [0.2, 0.25) is 0 Å². The van der Waals surface area contributed by atoms with Gasteiger partial charge in [-0.05, 0) is 0 Å². The Bertz CT molecular complexity index is 236. The van der Waals surface area contributed by atoms with Gasteiger partial charge in [-0.2, -0.15) is 0 Å². The summed E-state index contributed by atoms with van der Waals surface area (Å²) in [5.74, 6) is -1.02. The monoisotopic (exact) mass is 203 g/mol. The highest BCUT2D eigenvalue weighted by Gasteiger charge is 2.20. The maximum atomic E-state index is 10.5. The number of hydrogen-bond acceptors (Lipinski definition) is 4. The summed E-state index contributed by atoms with van der Waals surface area (Å²) < 4.78 is 4.70. The van der Waals surface area contributed by atoms with Crippen LogP contribution in [0.3, 0.4) is 0 Å². The van der Waals surface area contributed by atoms with Crippen LogP contribution in [0.5, 0.6) is 0 Å². The normalized spacial score (nSPS) is 11.3. The van der Waals surface area contributed by atoms with Crippen LogP contribution < -0.4 is 0 Å². The molecule has 0 fully saturated rings. The van der Waals surface area contributed by atoms with Gasteiger partial charge in [-0.1, -0.05) is 13.8 Å². The molecule has 4 nitrogen and oxygen atoms in total. The summed E-state index contributed by atoms with van der Waals surface area (Å²) in [7, 11) is 1.35. The molecule has 0 amide bonds. The lowest BCUT2D eigenvalue weighted by atomic mass is 10.3. The highest BCUT2D eigenvalue weighted by Crippen LogP contribution is 2.15. The van der Waals surface area contributed by atoms with E-state index in [2.05, 4.69) is 4.98 Å². The number of aromatic nitrogens is 1. The van der Waals surface area contributed by atoms with E-state index in [4.69, 9.17) is 9.84 Å². The first kappa shape index (κ1) is 12.1. The molecule has 74 valence electrons. The second-order valence-corrected chi connectivity index (χ2v) is 2.59. The lowest BCUT2D eigenvalue weighted by molar-refractivity contribution is -0.149. The Hall–Kier alpha value is -0.940. The van der Waals surface area contributed by atoms with Crippen molar-refractivity contribution >= 4 is 17.3 Å². The minimum absolute atomic E-state index is 0.449. The molecule has 0 aromatic carbocycles. The Morgan fingerprint density at radius 2 is 2.31 bits per heavy atom. The largest absolute Gasteiger partial charge is 0.479 e. The number of methoxy groups -OCH3 is 1. The highest BCUT2D eigenvalue weighted by atomic mass is 32.1. The molecule has 13 heavy (non-hydrogen) atoms. The van der Waals surface area contributed by atoms with Crippen LogP contribution in [0, 0.1) is 0 Å². The van der Waals surface area contributed by atoms with Crippen LogP contribution in [0.25, 0.3) is 0 Å². The van der Waals surface area contributed by atoms with E-state index in [1.54, 1.807) is 10.9 Å². The van der Waals surface area contributed by atoms with Crippen molar-refractivity contribution in [2.24, 2.45) is 0 Å². The number of carboxylic acids is 1. The van der Waals surface area contributed by atoms with Crippen LogP contribution in [0.15, 0.2) is 10.9 Å². The van der Waals surface area contributed by atoms with Crippen molar-refractivity contribution in [3.63, 3.8) is 0 Å². The third-order valence-corrected chi connectivity index (χ3v) is 1.78. The number of thiazole rings is 1. The van der Waals surface area contributed by atoms with Crippen molar-refractivity contribution in [1.29, 1.82) is 0 Å². The van der Waals surface area contributed by atoms with Gasteiger partial charge in [0.15, 0.2) is 6.10 Å². The lowest BCUT2D eigenvalue weighted by Gasteiger charge is -2.05. The van der Waals surface area contributed by atoms with Gasteiger partial charge in [-0.3, -0.25) is 0 Å². The average molecular weight is 203 g/mol. The van der Waals surface area contributed by atoms with Crippen LogP contribution in [-0.2, 0) is 9.53 Å². The number of aliphatic carboxylic acids is 1. The third-order valence-electron chi connectivity index (χ3n) is 1.18. The topological polar surface area (TPSA) is 59.4 Å². The second-order valence-electron chi connectivity index (χ2n) is 1.87. The predicted octanol–water partition coefficient (Wildman–Crippen LogP) is 1.94. The van der Waals surface area contributed by atoms with Crippen molar-refractivity contribution in [2.75, 3.05) is 7.11 Å². The SMILES string of the molecule is CC.COC(C(=O)O)c1cscn1. The number of nitrogens with zero attached hydrogens (tertiary/aromatic N) is 1. The molecule has 0 aliphatic heterocycles. The van der Waals surface area contributed by atoms with Gasteiger partial charge in [0.05, 0.1) is 11.2 Å². The Balaban J connectivity index is 0.000000671. The van der Waals surface area contributed by atoms with E-state index in [1.807, 2.05) is 13.8 Å². The van der Waals surface area contributed by atoms with Gasteiger partial charge in [-0.15, -0.1) is 11.3 Å². The van der Waals surface area contributed by atoms with Crippen LogP contribution in [0.4, 0.5) is 0 Å². The second kappa shape index (κ2) is 6.56. The minimum atomic E-state index is -1.02. The molecule has 0 saturated carbocycles. The van der Waals surface area contributed by atoms with E-state index in [0.29, 0.717) is 5.69 Å². The van der Waals surface area contributed by atoms with Gasteiger partial charge in [0, 0.05) is 12.5 Å². The molecule has 1 aromatic rings. The molecular weight excluding hydrogens is 190 g/mol. The fourth-order valence-corrected chi connectivity index (χ4v) is 1.27. The summed E-state index contributed by atoms with van der Waals surface area (Å²) in [6, 6.07) is 0. The summed E-state index contributed by atoms with van der Waals surface area (Å²) in [4.78, 5) is 14.3. The van der Waals surface area contributed by atoms with Gasteiger partial charge in [0.25, 0.3) is 0 Å². The van der Waals surface area contributed by atoms with Crippen molar-refractivity contribution in [2.45, 2.75) is 20.0 Å². The zero-order chi connectivity index (χ0) is 10.3. The van der Waals surface area contributed by atoms with Crippen molar-refractivity contribution in [3.05, 3.63) is 16.6 Å². The summed E-state index contributed by atoms with van der Waals surface area (Å²) in [5.41, 5.74) is 2.02. The average Bonchev–Trinajstić information content (AvgIpc) is 2.62. The van der Waals surface area contributed by atoms with E-state index >= 15 is 0 Å². The van der Waals surface area contributed by atoms with Crippen molar-refractivity contribution < 1.29 is 14.6 Å². The van der Waals surface area contributed by atoms with Crippen LogP contribution >= 0.6 is 11.3 Å². The molecule has 0 radical (unpaired) electrons. The highest BCUT2D eigenvalue weighted by molar-refractivity contribution is 7.07. The number of rotatable bonds is 3. The van der Waals surface area contributed by atoms with Gasteiger partial charge >= 0.3 is 5.97 Å². The zero-order valence-electron chi connectivity index (χ0n) is 7.85. The Labute approximate surface area is 81.2 Å². The van der Waals surface area contributed by atoms with Crippen molar-refractivity contribution in [1.82, 2.24) is 4.98 Å². The summed E-state index contributed by atoms with van der Waals surface area (Å²) in [6.07, 6.45) is -0.929. The number of carbonyl (C=O) groups is 1. The zero-order valence-corrected chi connectivity index (χ0v) is 8.67. The molecule has 0 aliphatic carbocycles. The minimum Gasteiger partial charge on any atom is -0.479 e. The molecule has 1 N–H and O–H groups in total. The van der Waals surface area contributed by atoms with E-state index in [-0.39, 0.29) is 0 Å². The van der Waals surface area contributed by atoms with Gasteiger partial charge in [-0.25, -0.2) is 9.78 Å². The molecule has 5 heteroatoms. The lowest BCUT2D eigenvalue weighted by Crippen LogP contribution is -2.13. The Morgan fingerprint density at radius 3 is 2.62 bits per heavy atom. The fraction of sp³-hybridized carbons (Fsp3) is 0.500. The molecular formula is C8H13NO3S. The Kier molecular flexibility index (Phi) is 6.09. The quantitative estimate of drug-likeness (QED) is 0.815. The molecule has 0 saturated heterocycles. The molecule has 1 atom stereocenters.